The van der Waals surface area contributed by atoms with Crippen LogP contribution in [0, 0.1) is 0 Å². The van der Waals surface area contributed by atoms with E-state index in [4.69, 9.17) is 14.5 Å². The minimum Gasteiger partial charge on any atom is -0.362 e. The molecular weight excluding hydrogens is 229 g/mol. The fourth-order valence-corrected chi connectivity index (χ4v) is 1.35. The van der Waals surface area contributed by atoms with Crippen molar-refractivity contribution in [2.24, 2.45) is 0 Å². The number of rotatable bonds is 6. The molecule has 0 amide bonds. The van der Waals surface area contributed by atoms with E-state index >= 15 is 0 Å². The van der Waals surface area contributed by atoms with Gasteiger partial charge >= 0.3 is 7.60 Å². The van der Waals surface area contributed by atoms with Crippen LogP contribution in [0.5, 0.6) is 0 Å². The topological polar surface area (TPSA) is 78.8 Å². The van der Waals surface area contributed by atoms with E-state index in [2.05, 4.69) is 5.32 Å². The lowest BCUT2D eigenvalue weighted by Gasteiger charge is -2.15. The highest BCUT2D eigenvalue weighted by molar-refractivity contribution is 7.52. The summed E-state index contributed by atoms with van der Waals surface area (Å²) in [5.41, 5.74) is 1.02. The number of nitrogens with one attached hydrogen (secondary N) is 1. The fourth-order valence-electron chi connectivity index (χ4n) is 1.04. The van der Waals surface area contributed by atoms with Gasteiger partial charge in [-0.15, -0.1) is 0 Å². The fraction of sp³-hybridized carbons (Fsp3) is 0.400. The van der Waals surface area contributed by atoms with Crippen molar-refractivity contribution >= 4 is 7.60 Å². The number of ether oxygens (including phenoxy) is 1. The van der Waals surface area contributed by atoms with Crippen LogP contribution in [-0.2, 0) is 15.9 Å². The number of benzene rings is 1. The van der Waals surface area contributed by atoms with E-state index in [-0.39, 0.29) is 6.73 Å². The van der Waals surface area contributed by atoms with Crippen molar-refractivity contribution in [3.63, 3.8) is 0 Å². The molecule has 0 bridgehead atoms. The van der Waals surface area contributed by atoms with Crippen LogP contribution in [-0.4, -0.2) is 22.3 Å². The zero-order chi connectivity index (χ0) is 12.0. The number of hydrogen-bond donors (Lipinski definition) is 3. The van der Waals surface area contributed by atoms with Gasteiger partial charge in [-0.05, 0) is 12.5 Å². The summed E-state index contributed by atoms with van der Waals surface area (Å²) in [5.74, 6) is -0.886. The van der Waals surface area contributed by atoms with Crippen LogP contribution in [0.25, 0.3) is 0 Å². The van der Waals surface area contributed by atoms with Crippen molar-refractivity contribution in [1.29, 1.82) is 0 Å². The average Bonchev–Trinajstić information content (AvgIpc) is 2.24. The first-order chi connectivity index (χ1) is 7.50. The summed E-state index contributed by atoms with van der Waals surface area (Å²) in [5, 5.41) is 2.61. The van der Waals surface area contributed by atoms with Gasteiger partial charge in [0.15, 0.2) is 0 Å². The van der Waals surface area contributed by atoms with Gasteiger partial charge in [-0.25, -0.2) is 0 Å². The Morgan fingerprint density at radius 2 is 2.00 bits per heavy atom. The molecule has 1 aromatic carbocycles. The van der Waals surface area contributed by atoms with Crippen LogP contribution in [0.1, 0.15) is 12.5 Å². The first-order valence-electron chi connectivity index (χ1n) is 4.90. The van der Waals surface area contributed by atoms with Crippen molar-refractivity contribution in [3.8, 4) is 0 Å². The van der Waals surface area contributed by atoms with Gasteiger partial charge in [-0.3, -0.25) is 9.88 Å². The predicted octanol–water partition coefficient (Wildman–Crippen LogP) is 1.27. The Hall–Kier alpha value is -0.710. The molecule has 0 fully saturated rings. The molecule has 0 aliphatic rings. The molecule has 0 aliphatic carbocycles. The highest BCUT2D eigenvalue weighted by atomic mass is 31.2. The van der Waals surface area contributed by atoms with Crippen LogP contribution >= 0.6 is 7.60 Å². The van der Waals surface area contributed by atoms with Crippen molar-refractivity contribution in [2.45, 2.75) is 19.3 Å². The first-order valence-corrected chi connectivity index (χ1v) is 6.58. The van der Waals surface area contributed by atoms with Crippen molar-refractivity contribution in [3.05, 3.63) is 35.9 Å². The lowest BCUT2D eigenvalue weighted by molar-refractivity contribution is 0.100. The maximum atomic E-state index is 10.8. The molecule has 0 saturated heterocycles. The Bertz CT molecular complexity index is 351. The lowest BCUT2D eigenvalue weighted by atomic mass is 10.2. The van der Waals surface area contributed by atoms with E-state index in [0.717, 1.165) is 5.56 Å². The second-order valence-electron chi connectivity index (χ2n) is 3.45. The summed E-state index contributed by atoms with van der Waals surface area (Å²) in [6.07, 6.45) is 0. The summed E-state index contributed by atoms with van der Waals surface area (Å²) >= 11 is 0. The van der Waals surface area contributed by atoms with E-state index < -0.39 is 13.4 Å². The smallest absolute Gasteiger partial charge is 0.342 e. The standard InChI is InChI=1S/C10H16NO4P/c1-9(16(12,13)14)11-8-15-7-10-5-3-2-4-6-10/h2-6,9,11H,7-8H2,1H3,(H2,12,13,14). The third kappa shape index (κ3) is 4.88. The Morgan fingerprint density at radius 3 is 2.56 bits per heavy atom. The van der Waals surface area contributed by atoms with E-state index in [9.17, 15) is 4.57 Å². The molecule has 5 nitrogen and oxygen atoms in total. The molecule has 1 atom stereocenters. The van der Waals surface area contributed by atoms with Gasteiger partial charge < -0.3 is 14.5 Å². The highest BCUT2D eigenvalue weighted by Crippen LogP contribution is 2.38. The Kier molecular flexibility index (Phi) is 5.12. The molecule has 0 spiro atoms. The lowest BCUT2D eigenvalue weighted by Crippen LogP contribution is -2.28. The molecule has 0 saturated carbocycles. The molecule has 1 unspecified atom stereocenters. The van der Waals surface area contributed by atoms with E-state index in [1.165, 1.54) is 6.92 Å². The minimum atomic E-state index is -4.06. The van der Waals surface area contributed by atoms with Crippen molar-refractivity contribution < 1.29 is 19.1 Å². The first kappa shape index (κ1) is 13.4. The van der Waals surface area contributed by atoms with Gasteiger partial charge in [0.1, 0.15) is 5.78 Å². The SMILES string of the molecule is CC(NCOCc1ccccc1)P(=O)(O)O. The second kappa shape index (κ2) is 6.13. The van der Waals surface area contributed by atoms with Crippen LogP contribution in [0.2, 0.25) is 0 Å². The molecule has 0 aliphatic heterocycles. The third-order valence-corrected chi connectivity index (χ3v) is 3.29. The summed E-state index contributed by atoms with van der Waals surface area (Å²) in [6, 6.07) is 9.57. The predicted molar refractivity (Wildman–Crippen MR) is 60.7 cm³/mol. The Balaban J connectivity index is 2.20. The summed E-state index contributed by atoms with van der Waals surface area (Å²) in [6.45, 7) is 1.95. The second-order valence-corrected chi connectivity index (χ2v) is 5.40. The van der Waals surface area contributed by atoms with Gasteiger partial charge in [-0.1, -0.05) is 30.3 Å². The van der Waals surface area contributed by atoms with Crippen LogP contribution < -0.4 is 5.32 Å². The monoisotopic (exact) mass is 245 g/mol. The maximum absolute atomic E-state index is 10.8. The molecule has 16 heavy (non-hydrogen) atoms. The minimum absolute atomic E-state index is 0.112. The third-order valence-electron chi connectivity index (χ3n) is 2.10. The van der Waals surface area contributed by atoms with Crippen molar-refractivity contribution in [1.82, 2.24) is 5.32 Å². The molecule has 3 N–H and O–H groups in total. The summed E-state index contributed by atoms with van der Waals surface area (Å²) < 4.78 is 16.0. The average molecular weight is 245 g/mol. The molecule has 1 rings (SSSR count). The van der Waals surface area contributed by atoms with Crippen LogP contribution in [0.15, 0.2) is 30.3 Å². The molecule has 0 aromatic heterocycles. The molecule has 0 radical (unpaired) electrons. The van der Waals surface area contributed by atoms with E-state index in [0.29, 0.717) is 6.61 Å². The van der Waals surface area contributed by atoms with Crippen molar-refractivity contribution in [2.75, 3.05) is 6.73 Å². The van der Waals surface area contributed by atoms with Gasteiger partial charge in [-0.2, -0.15) is 0 Å². The van der Waals surface area contributed by atoms with E-state index in [1.54, 1.807) is 0 Å². The summed E-state index contributed by atoms with van der Waals surface area (Å²) in [4.78, 5) is 17.6. The van der Waals surface area contributed by atoms with Gasteiger partial charge in [0.05, 0.1) is 13.3 Å². The van der Waals surface area contributed by atoms with Crippen LogP contribution in [0.3, 0.4) is 0 Å². The molecular formula is C10H16NO4P. The number of hydrogen-bond acceptors (Lipinski definition) is 3. The molecule has 90 valence electrons. The maximum Gasteiger partial charge on any atom is 0.342 e. The summed E-state index contributed by atoms with van der Waals surface area (Å²) in [7, 11) is -4.06. The normalized spacial score (nSPS) is 13.7. The van der Waals surface area contributed by atoms with E-state index in [1.807, 2.05) is 30.3 Å². The molecule has 0 heterocycles. The quantitative estimate of drug-likeness (QED) is 0.399. The highest BCUT2D eigenvalue weighted by Gasteiger charge is 2.22. The van der Waals surface area contributed by atoms with Crippen LogP contribution in [0.4, 0.5) is 0 Å². The van der Waals surface area contributed by atoms with Gasteiger partial charge in [0.25, 0.3) is 0 Å². The zero-order valence-electron chi connectivity index (χ0n) is 9.04. The largest absolute Gasteiger partial charge is 0.362 e. The van der Waals surface area contributed by atoms with Gasteiger partial charge in [0, 0.05) is 0 Å². The zero-order valence-corrected chi connectivity index (χ0v) is 9.93. The Morgan fingerprint density at radius 1 is 1.38 bits per heavy atom. The molecule has 1 aromatic rings. The Labute approximate surface area is 94.6 Å². The van der Waals surface area contributed by atoms with Gasteiger partial charge in [0.2, 0.25) is 0 Å². The molecule has 6 heteroatoms.